The summed E-state index contributed by atoms with van der Waals surface area (Å²) >= 11 is 0. The number of aromatic nitrogens is 1. The van der Waals surface area contributed by atoms with Crippen LogP contribution in [0.25, 0.3) is 0 Å². The predicted octanol–water partition coefficient (Wildman–Crippen LogP) is 1.19. The number of rotatable bonds is 9. The van der Waals surface area contributed by atoms with E-state index >= 15 is 0 Å². The number of aliphatic hydroxyl groups excluding tert-OH is 1. The Labute approximate surface area is 131 Å². The van der Waals surface area contributed by atoms with Crippen LogP contribution in [0.4, 0.5) is 5.82 Å². The van der Waals surface area contributed by atoms with Crippen LogP contribution in [0.2, 0.25) is 0 Å². The minimum Gasteiger partial charge on any atom is -0.480 e. The Bertz CT molecular complexity index is 494. The number of hydrogen-bond donors (Lipinski definition) is 4. The molecule has 6 nitrogen and oxygen atoms in total. The largest absolute Gasteiger partial charge is 0.480 e. The topological polar surface area (TPSA) is 94.5 Å². The van der Waals surface area contributed by atoms with Gasteiger partial charge in [-0.15, -0.1) is 0 Å². The summed E-state index contributed by atoms with van der Waals surface area (Å²) in [5.74, 6) is 0.118. The highest BCUT2D eigenvalue weighted by atomic mass is 16.4. The van der Waals surface area contributed by atoms with Gasteiger partial charge in [0.15, 0.2) is 0 Å². The number of aryl methyl sites for hydroxylation is 2. The van der Waals surface area contributed by atoms with Gasteiger partial charge in [-0.25, -0.2) is 4.98 Å². The number of carboxylic acid groups (broad SMARTS) is 1. The van der Waals surface area contributed by atoms with Crippen molar-refractivity contribution in [2.75, 3.05) is 25.0 Å². The quantitative estimate of drug-likeness (QED) is 0.512. The Morgan fingerprint density at radius 1 is 1.41 bits per heavy atom. The van der Waals surface area contributed by atoms with Crippen molar-refractivity contribution in [3.63, 3.8) is 0 Å². The summed E-state index contributed by atoms with van der Waals surface area (Å²) in [6.07, 6.45) is 5.26. The minimum absolute atomic E-state index is 0.115. The van der Waals surface area contributed by atoms with Crippen molar-refractivity contribution >= 4 is 11.8 Å². The zero-order chi connectivity index (χ0) is 15.8. The van der Waals surface area contributed by atoms with Crippen LogP contribution in [-0.4, -0.2) is 46.9 Å². The van der Waals surface area contributed by atoms with E-state index in [1.54, 1.807) is 0 Å². The molecular formula is C16H25N3O3. The molecule has 2 rings (SSSR count). The van der Waals surface area contributed by atoms with Gasteiger partial charge in [0.1, 0.15) is 11.9 Å². The lowest BCUT2D eigenvalue weighted by Crippen LogP contribution is -2.37. The Balaban J connectivity index is 1.69. The first-order valence-corrected chi connectivity index (χ1v) is 8.00. The van der Waals surface area contributed by atoms with E-state index in [4.69, 9.17) is 10.2 Å². The van der Waals surface area contributed by atoms with E-state index in [0.29, 0.717) is 6.54 Å². The number of fused-ring (bicyclic) bond motifs is 1. The Morgan fingerprint density at radius 3 is 3.05 bits per heavy atom. The smallest absolute Gasteiger partial charge is 0.320 e. The number of anilines is 1. The van der Waals surface area contributed by atoms with Crippen molar-refractivity contribution in [1.82, 2.24) is 10.3 Å². The molecule has 122 valence electrons. The van der Waals surface area contributed by atoms with Gasteiger partial charge < -0.3 is 20.8 Å². The van der Waals surface area contributed by atoms with Gasteiger partial charge in [-0.05, 0) is 56.7 Å². The molecule has 1 aliphatic rings. The van der Waals surface area contributed by atoms with Crippen molar-refractivity contribution in [3.05, 3.63) is 23.4 Å². The molecule has 22 heavy (non-hydrogen) atoms. The fraction of sp³-hybridized carbons (Fsp3) is 0.625. The van der Waals surface area contributed by atoms with E-state index in [1.165, 1.54) is 5.56 Å². The van der Waals surface area contributed by atoms with Gasteiger partial charge >= 0.3 is 5.97 Å². The lowest BCUT2D eigenvalue weighted by Gasteiger charge is -2.17. The summed E-state index contributed by atoms with van der Waals surface area (Å²) in [5, 5.41) is 24.1. The number of aliphatic hydroxyl groups is 1. The molecule has 1 atom stereocenters. The van der Waals surface area contributed by atoms with Gasteiger partial charge in [-0.3, -0.25) is 4.79 Å². The molecule has 1 aromatic rings. The van der Waals surface area contributed by atoms with E-state index in [-0.39, 0.29) is 13.0 Å². The lowest BCUT2D eigenvalue weighted by molar-refractivity contribution is -0.139. The first kappa shape index (κ1) is 16.7. The molecular weight excluding hydrogens is 282 g/mol. The normalized spacial score (nSPS) is 15.0. The average Bonchev–Trinajstić information content (AvgIpc) is 2.53. The van der Waals surface area contributed by atoms with Crippen molar-refractivity contribution in [1.29, 1.82) is 0 Å². The van der Waals surface area contributed by atoms with Crippen LogP contribution in [0.3, 0.4) is 0 Å². The summed E-state index contributed by atoms with van der Waals surface area (Å²) in [6, 6.07) is 3.59. The van der Waals surface area contributed by atoms with Gasteiger partial charge in [0, 0.05) is 18.8 Å². The maximum absolute atomic E-state index is 10.9. The van der Waals surface area contributed by atoms with E-state index in [0.717, 1.165) is 50.2 Å². The van der Waals surface area contributed by atoms with Crippen molar-refractivity contribution in [2.45, 2.75) is 44.6 Å². The maximum atomic E-state index is 10.9. The number of carboxylic acids is 1. The van der Waals surface area contributed by atoms with E-state index in [9.17, 15) is 4.79 Å². The second kappa shape index (κ2) is 8.70. The average molecular weight is 307 g/mol. The summed E-state index contributed by atoms with van der Waals surface area (Å²) in [5.41, 5.74) is 2.38. The highest BCUT2D eigenvalue weighted by Gasteiger charge is 2.15. The summed E-state index contributed by atoms with van der Waals surface area (Å²) < 4.78 is 0. The summed E-state index contributed by atoms with van der Waals surface area (Å²) in [6.45, 7) is 1.52. The van der Waals surface area contributed by atoms with Crippen molar-refractivity contribution in [3.8, 4) is 0 Å². The number of unbranched alkanes of at least 4 members (excludes halogenated alkanes) is 1. The van der Waals surface area contributed by atoms with Gasteiger partial charge in [0.05, 0.1) is 0 Å². The molecule has 0 amide bonds. The third-order valence-electron chi connectivity index (χ3n) is 3.92. The molecule has 0 spiro atoms. The number of nitrogens with zero attached hydrogens (tertiary/aromatic N) is 1. The Morgan fingerprint density at radius 2 is 2.27 bits per heavy atom. The second-order valence-electron chi connectivity index (χ2n) is 5.65. The molecule has 0 aromatic carbocycles. The molecule has 1 aliphatic heterocycles. The monoisotopic (exact) mass is 307 g/mol. The van der Waals surface area contributed by atoms with Crippen molar-refractivity contribution < 1.29 is 15.0 Å². The van der Waals surface area contributed by atoms with Crippen LogP contribution in [0, 0.1) is 0 Å². The third kappa shape index (κ3) is 4.96. The van der Waals surface area contributed by atoms with Crippen molar-refractivity contribution in [2.24, 2.45) is 0 Å². The third-order valence-corrected chi connectivity index (χ3v) is 3.92. The van der Waals surface area contributed by atoms with Gasteiger partial charge in [-0.2, -0.15) is 0 Å². The van der Waals surface area contributed by atoms with Gasteiger partial charge in [-0.1, -0.05) is 6.07 Å². The lowest BCUT2D eigenvalue weighted by atomic mass is 10.1. The SMILES string of the molecule is O=C(O)[C@@H](CCO)NCCCCc1ccc2c(n1)NCCC2. The van der Waals surface area contributed by atoms with E-state index in [2.05, 4.69) is 27.8 Å². The van der Waals surface area contributed by atoms with Crippen LogP contribution in [0.5, 0.6) is 0 Å². The summed E-state index contributed by atoms with van der Waals surface area (Å²) in [4.78, 5) is 15.6. The highest BCUT2D eigenvalue weighted by Crippen LogP contribution is 2.20. The van der Waals surface area contributed by atoms with Gasteiger partial charge in [0.2, 0.25) is 0 Å². The molecule has 0 fully saturated rings. The summed E-state index contributed by atoms with van der Waals surface area (Å²) in [7, 11) is 0. The molecule has 6 heteroatoms. The zero-order valence-electron chi connectivity index (χ0n) is 12.8. The van der Waals surface area contributed by atoms with E-state index in [1.807, 2.05) is 0 Å². The molecule has 0 radical (unpaired) electrons. The Hall–Kier alpha value is -1.66. The van der Waals surface area contributed by atoms with Crippen LogP contribution >= 0.6 is 0 Å². The minimum atomic E-state index is -0.906. The van der Waals surface area contributed by atoms with Crippen LogP contribution < -0.4 is 10.6 Å². The van der Waals surface area contributed by atoms with E-state index < -0.39 is 12.0 Å². The molecule has 0 unspecified atom stereocenters. The molecule has 0 saturated heterocycles. The van der Waals surface area contributed by atoms with Crippen LogP contribution in [0.1, 0.15) is 36.9 Å². The standard InChI is InChI=1S/C16H25N3O3/c20-11-8-14(16(21)22)17-9-2-1-5-13-7-6-12-4-3-10-18-15(12)19-13/h6-7,14,17,20H,1-5,8-11H2,(H,18,19)(H,21,22)/t14-/m1/s1. The molecule has 4 N–H and O–H groups in total. The number of pyridine rings is 1. The number of hydrogen-bond acceptors (Lipinski definition) is 5. The maximum Gasteiger partial charge on any atom is 0.320 e. The fourth-order valence-electron chi connectivity index (χ4n) is 2.66. The molecule has 1 aromatic heterocycles. The van der Waals surface area contributed by atoms with Gasteiger partial charge in [0.25, 0.3) is 0 Å². The number of nitrogens with one attached hydrogen (secondary N) is 2. The first-order valence-electron chi connectivity index (χ1n) is 8.00. The molecule has 0 aliphatic carbocycles. The van der Waals surface area contributed by atoms with Crippen LogP contribution in [-0.2, 0) is 17.6 Å². The Kier molecular flexibility index (Phi) is 6.61. The number of carbonyl (C=O) groups is 1. The molecule has 0 saturated carbocycles. The zero-order valence-corrected chi connectivity index (χ0v) is 12.8. The highest BCUT2D eigenvalue weighted by molar-refractivity contribution is 5.73. The van der Waals surface area contributed by atoms with Crippen LogP contribution in [0.15, 0.2) is 12.1 Å². The molecule has 2 heterocycles. The first-order chi connectivity index (χ1) is 10.7. The molecule has 0 bridgehead atoms. The predicted molar refractivity (Wildman–Crippen MR) is 85.1 cm³/mol. The fourth-order valence-corrected chi connectivity index (χ4v) is 2.66. The number of aliphatic carboxylic acids is 1. The second-order valence-corrected chi connectivity index (χ2v) is 5.65.